The average Bonchev–Trinajstić information content (AvgIpc) is 2.86. The van der Waals surface area contributed by atoms with Gasteiger partial charge in [0.2, 0.25) is 0 Å². The summed E-state index contributed by atoms with van der Waals surface area (Å²) < 4.78 is 0. The van der Waals surface area contributed by atoms with Crippen molar-refractivity contribution in [1.82, 2.24) is 0 Å². The normalized spacial score (nSPS) is 15.3. The van der Waals surface area contributed by atoms with E-state index in [0.717, 1.165) is 17.0 Å². The molecule has 2 aromatic carbocycles. The summed E-state index contributed by atoms with van der Waals surface area (Å²) in [4.78, 5) is 0. The number of halogens is 1. The lowest BCUT2D eigenvalue weighted by atomic mass is 9.97. The van der Waals surface area contributed by atoms with Crippen molar-refractivity contribution in [2.45, 2.75) is 31.7 Å². The Morgan fingerprint density at radius 2 is 1.84 bits per heavy atom. The quantitative estimate of drug-likeness (QED) is 0.895. The lowest BCUT2D eigenvalue weighted by Crippen LogP contribution is -2.14. The highest BCUT2D eigenvalue weighted by molar-refractivity contribution is 6.31. The van der Waals surface area contributed by atoms with Gasteiger partial charge >= 0.3 is 0 Å². The van der Waals surface area contributed by atoms with Crippen molar-refractivity contribution in [1.29, 1.82) is 0 Å². The zero-order chi connectivity index (χ0) is 13.2. The van der Waals surface area contributed by atoms with E-state index in [1.165, 1.54) is 36.0 Å². The van der Waals surface area contributed by atoms with Crippen LogP contribution in [-0.4, -0.2) is 0 Å². The monoisotopic (exact) mass is 271 g/mol. The van der Waals surface area contributed by atoms with Crippen molar-refractivity contribution < 1.29 is 0 Å². The number of nitrogens with two attached hydrogens (primary N) is 1. The molecule has 0 saturated carbocycles. The second-order valence-corrected chi connectivity index (χ2v) is 5.70. The van der Waals surface area contributed by atoms with Crippen LogP contribution in [0.3, 0.4) is 0 Å². The Hall–Kier alpha value is -1.31. The predicted molar refractivity (Wildman–Crippen MR) is 80.6 cm³/mol. The first-order valence-corrected chi connectivity index (χ1v) is 7.22. The third-order valence-corrected chi connectivity index (χ3v) is 4.27. The second-order valence-electron chi connectivity index (χ2n) is 5.29. The van der Waals surface area contributed by atoms with Crippen molar-refractivity contribution in [2.24, 2.45) is 5.73 Å². The fraction of sp³-hybridized carbons (Fsp3) is 0.294. The molecule has 0 aromatic heterocycles. The van der Waals surface area contributed by atoms with Crippen LogP contribution in [0.25, 0.3) is 0 Å². The van der Waals surface area contributed by atoms with Gasteiger partial charge in [-0.25, -0.2) is 0 Å². The van der Waals surface area contributed by atoms with Gasteiger partial charge in [0.1, 0.15) is 0 Å². The Balaban J connectivity index is 1.80. The molecule has 0 radical (unpaired) electrons. The van der Waals surface area contributed by atoms with Crippen LogP contribution >= 0.6 is 11.6 Å². The van der Waals surface area contributed by atoms with Gasteiger partial charge in [0, 0.05) is 11.1 Å². The van der Waals surface area contributed by atoms with E-state index in [2.05, 4.69) is 18.2 Å². The van der Waals surface area contributed by atoms with Gasteiger partial charge < -0.3 is 5.73 Å². The third kappa shape index (κ3) is 2.68. The fourth-order valence-electron chi connectivity index (χ4n) is 2.89. The molecule has 1 nitrogen and oxygen atoms in total. The first kappa shape index (κ1) is 12.7. The van der Waals surface area contributed by atoms with Crippen LogP contribution < -0.4 is 5.73 Å². The zero-order valence-electron chi connectivity index (χ0n) is 10.9. The molecule has 0 spiro atoms. The minimum Gasteiger partial charge on any atom is -0.324 e. The SMILES string of the molecule is NC(Cc1ccc2c(c1)CCC2)c1ccccc1Cl. The first-order valence-electron chi connectivity index (χ1n) is 6.85. The molecule has 0 saturated heterocycles. The Morgan fingerprint density at radius 1 is 1.05 bits per heavy atom. The minimum atomic E-state index is -0.0341. The van der Waals surface area contributed by atoms with Crippen molar-refractivity contribution in [3.8, 4) is 0 Å². The molecule has 0 bridgehead atoms. The van der Waals surface area contributed by atoms with Gasteiger partial charge in [0.25, 0.3) is 0 Å². The van der Waals surface area contributed by atoms with Gasteiger partial charge in [-0.2, -0.15) is 0 Å². The molecule has 0 amide bonds. The molecule has 1 aliphatic rings. The molecule has 0 fully saturated rings. The van der Waals surface area contributed by atoms with Crippen molar-refractivity contribution >= 4 is 11.6 Å². The van der Waals surface area contributed by atoms with E-state index >= 15 is 0 Å². The number of hydrogen-bond acceptors (Lipinski definition) is 1. The lowest BCUT2D eigenvalue weighted by molar-refractivity contribution is 0.721. The van der Waals surface area contributed by atoms with E-state index in [1.807, 2.05) is 24.3 Å². The van der Waals surface area contributed by atoms with Gasteiger partial charge in [-0.1, -0.05) is 48.0 Å². The molecule has 98 valence electrons. The van der Waals surface area contributed by atoms with Gasteiger partial charge in [0.05, 0.1) is 0 Å². The van der Waals surface area contributed by atoms with E-state index in [4.69, 9.17) is 17.3 Å². The zero-order valence-corrected chi connectivity index (χ0v) is 11.7. The summed E-state index contributed by atoms with van der Waals surface area (Å²) >= 11 is 6.20. The van der Waals surface area contributed by atoms with Crippen LogP contribution in [0.5, 0.6) is 0 Å². The molecule has 0 heterocycles. The molecule has 0 aliphatic heterocycles. The van der Waals surface area contributed by atoms with E-state index in [9.17, 15) is 0 Å². The Bertz CT molecular complexity index is 592. The minimum absolute atomic E-state index is 0.0341. The summed E-state index contributed by atoms with van der Waals surface area (Å²) in [5.74, 6) is 0. The maximum atomic E-state index is 6.29. The average molecular weight is 272 g/mol. The summed E-state index contributed by atoms with van der Waals surface area (Å²) in [5, 5.41) is 0.760. The van der Waals surface area contributed by atoms with Gasteiger partial charge in [-0.3, -0.25) is 0 Å². The maximum absolute atomic E-state index is 6.29. The Kier molecular flexibility index (Phi) is 3.58. The standard InChI is InChI=1S/C17H18ClN/c18-16-7-2-1-6-15(16)17(19)11-12-8-9-13-4-3-5-14(13)10-12/h1-2,6-10,17H,3-5,11,19H2. The van der Waals surface area contributed by atoms with Gasteiger partial charge in [-0.15, -0.1) is 0 Å². The smallest absolute Gasteiger partial charge is 0.0453 e. The van der Waals surface area contributed by atoms with Crippen molar-refractivity contribution in [3.05, 3.63) is 69.7 Å². The molecule has 1 aliphatic carbocycles. The Labute approximate surface area is 119 Å². The fourth-order valence-corrected chi connectivity index (χ4v) is 3.17. The maximum Gasteiger partial charge on any atom is 0.0453 e. The number of hydrogen-bond donors (Lipinski definition) is 1. The number of rotatable bonds is 3. The van der Waals surface area contributed by atoms with E-state index < -0.39 is 0 Å². The van der Waals surface area contributed by atoms with E-state index in [0.29, 0.717) is 0 Å². The van der Waals surface area contributed by atoms with E-state index in [1.54, 1.807) is 0 Å². The highest BCUT2D eigenvalue weighted by Gasteiger charge is 2.14. The molecular weight excluding hydrogens is 254 g/mol. The molecule has 2 N–H and O–H groups in total. The van der Waals surface area contributed by atoms with Gasteiger partial charge in [0.15, 0.2) is 0 Å². The molecule has 2 heteroatoms. The molecule has 19 heavy (non-hydrogen) atoms. The summed E-state index contributed by atoms with van der Waals surface area (Å²) in [7, 11) is 0. The Morgan fingerprint density at radius 3 is 2.68 bits per heavy atom. The molecule has 1 atom stereocenters. The van der Waals surface area contributed by atoms with Crippen LogP contribution in [0, 0.1) is 0 Å². The van der Waals surface area contributed by atoms with Crippen LogP contribution in [0.1, 0.15) is 34.7 Å². The van der Waals surface area contributed by atoms with Crippen LogP contribution in [-0.2, 0) is 19.3 Å². The van der Waals surface area contributed by atoms with E-state index in [-0.39, 0.29) is 6.04 Å². The predicted octanol–water partition coefficient (Wildman–Crippen LogP) is 4.07. The number of benzene rings is 2. The summed E-state index contributed by atoms with van der Waals surface area (Å²) in [6.45, 7) is 0. The summed E-state index contributed by atoms with van der Waals surface area (Å²) in [6, 6.07) is 14.6. The number of fused-ring (bicyclic) bond motifs is 1. The summed E-state index contributed by atoms with van der Waals surface area (Å²) in [5.41, 5.74) is 11.6. The van der Waals surface area contributed by atoms with Crippen LogP contribution in [0.2, 0.25) is 5.02 Å². The topological polar surface area (TPSA) is 26.0 Å². The molecular formula is C17H18ClN. The molecule has 3 rings (SSSR count). The van der Waals surface area contributed by atoms with Gasteiger partial charge in [-0.05, 0) is 54.0 Å². The van der Waals surface area contributed by atoms with Crippen LogP contribution in [0.4, 0.5) is 0 Å². The number of aryl methyl sites for hydroxylation is 2. The highest BCUT2D eigenvalue weighted by Crippen LogP contribution is 2.27. The van der Waals surface area contributed by atoms with Crippen molar-refractivity contribution in [3.63, 3.8) is 0 Å². The van der Waals surface area contributed by atoms with Crippen molar-refractivity contribution in [2.75, 3.05) is 0 Å². The summed E-state index contributed by atoms with van der Waals surface area (Å²) in [6.07, 6.45) is 4.57. The lowest BCUT2D eigenvalue weighted by Gasteiger charge is -2.14. The first-order chi connectivity index (χ1) is 9.24. The van der Waals surface area contributed by atoms with Crippen LogP contribution in [0.15, 0.2) is 42.5 Å². The molecule has 1 unspecified atom stereocenters. The molecule has 2 aromatic rings. The highest BCUT2D eigenvalue weighted by atomic mass is 35.5. The third-order valence-electron chi connectivity index (χ3n) is 3.92. The second kappa shape index (κ2) is 5.36. The largest absolute Gasteiger partial charge is 0.324 e.